The standard InChI is InChI=1S/C19H24N2O/c1-2-13-12-21-10-8-14(13)11-18(21)19(22)16-7-9-20-17-6-4-3-5-15(16)17/h2-6,9,13-14,16,18-19,22H,1,7-8,10-12H2/t13-,14+,16+,18-,19+/m0/s1. The second kappa shape index (κ2) is 5.64. The molecule has 3 nitrogen and oxygen atoms in total. The van der Waals surface area contributed by atoms with E-state index < -0.39 is 0 Å². The largest absolute Gasteiger partial charge is 0.391 e. The Balaban J connectivity index is 1.57. The van der Waals surface area contributed by atoms with E-state index >= 15 is 0 Å². The summed E-state index contributed by atoms with van der Waals surface area (Å²) >= 11 is 0. The van der Waals surface area contributed by atoms with Gasteiger partial charge in [-0.2, -0.15) is 0 Å². The van der Waals surface area contributed by atoms with Gasteiger partial charge in [0.25, 0.3) is 0 Å². The van der Waals surface area contributed by atoms with E-state index in [9.17, 15) is 5.11 Å². The van der Waals surface area contributed by atoms with Gasteiger partial charge in [-0.15, -0.1) is 6.58 Å². The van der Waals surface area contributed by atoms with Crippen molar-refractivity contribution in [3.63, 3.8) is 0 Å². The van der Waals surface area contributed by atoms with Crippen LogP contribution in [0.3, 0.4) is 0 Å². The lowest BCUT2D eigenvalue weighted by molar-refractivity contribution is -0.0518. The molecule has 1 unspecified atom stereocenters. The van der Waals surface area contributed by atoms with Gasteiger partial charge in [0, 0.05) is 24.7 Å². The molecule has 2 bridgehead atoms. The van der Waals surface area contributed by atoms with Crippen LogP contribution in [0.15, 0.2) is 41.9 Å². The molecule has 0 saturated carbocycles. The lowest BCUT2D eigenvalue weighted by atomic mass is 9.71. The molecule has 1 aromatic rings. The Morgan fingerprint density at radius 1 is 1.36 bits per heavy atom. The molecule has 3 heteroatoms. The summed E-state index contributed by atoms with van der Waals surface area (Å²) in [5.74, 6) is 1.49. The maximum atomic E-state index is 11.1. The Morgan fingerprint density at radius 2 is 2.23 bits per heavy atom. The van der Waals surface area contributed by atoms with E-state index in [1.807, 2.05) is 18.3 Å². The number of aliphatic imine (C=N–C) groups is 1. The molecule has 0 spiro atoms. The average molecular weight is 296 g/mol. The summed E-state index contributed by atoms with van der Waals surface area (Å²) in [6, 6.07) is 8.54. The first-order chi connectivity index (χ1) is 10.8. The summed E-state index contributed by atoms with van der Waals surface area (Å²) in [5.41, 5.74) is 2.23. The Morgan fingerprint density at radius 3 is 3.00 bits per heavy atom. The fourth-order valence-electron chi connectivity index (χ4n) is 4.63. The molecule has 0 aromatic heterocycles. The van der Waals surface area contributed by atoms with Crippen LogP contribution in [0, 0.1) is 11.8 Å². The van der Waals surface area contributed by atoms with Gasteiger partial charge in [-0.05, 0) is 49.3 Å². The Kier molecular flexibility index (Phi) is 3.63. The van der Waals surface area contributed by atoms with Gasteiger partial charge in [0.2, 0.25) is 0 Å². The molecule has 4 aliphatic heterocycles. The summed E-state index contributed by atoms with van der Waals surface area (Å²) in [7, 11) is 0. The zero-order chi connectivity index (χ0) is 15.1. The molecule has 116 valence electrons. The van der Waals surface area contributed by atoms with E-state index in [0.717, 1.165) is 31.6 Å². The summed E-state index contributed by atoms with van der Waals surface area (Å²) in [4.78, 5) is 6.97. The van der Waals surface area contributed by atoms with Crippen LogP contribution in [0.5, 0.6) is 0 Å². The number of hydrogen-bond acceptors (Lipinski definition) is 3. The van der Waals surface area contributed by atoms with Crippen molar-refractivity contribution in [2.24, 2.45) is 16.8 Å². The SMILES string of the molecule is C=C[C@H]1CN2CC[C@@H]1C[C@H]2[C@H](O)[C@@H]1CC=Nc2ccccc21. The quantitative estimate of drug-likeness (QED) is 0.870. The molecule has 0 amide bonds. The highest BCUT2D eigenvalue weighted by Gasteiger charge is 2.44. The number of para-hydroxylation sites is 1. The summed E-state index contributed by atoms with van der Waals surface area (Å²) in [5, 5.41) is 11.1. The van der Waals surface area contributed by atoms with Crippen LogP contribution in [-0.2, 0) is 0 Å². The second-order valence-electron chi connectivity index (χ2n) is 6.95. The highest BCUT2D eigenvalue weighted by Crippen LogP contribution is 2.42. The van der Waals surface area contributed by atoms with Crippen molar-refractivity contribution in [3.05, 3.63) is 42.5 Å². The monoisotopic (exact) mass is 296 g/mol. The molecule has 1 aromatic carbocycles. The highest BCUT2D eigenvalue weighted by molar-refractivity contribution is 5.70. The third kappa shape index (κ3) is 2.24. The maximum absolute atomic E-state index is 11.1. The minimum atomic E-state index is -0.304. The number of piperidine rings is 3. The van der Waals surface area contributed by atoms with Crippen molar-refractivity contribution in [2.75, 3.05) is 13.1 Å². The second-order valence-corrected chi connectivity index (χ2v) is 6.95. The predicted octanol–water partition coefficient (Wildman–Crippen LogP) is 3.13. The van der Waals surface area contributed by atoms with Gasteiger partial charge in [-0.25, -0.2) is 0 Å². The topological polar surface area (TPSA) is 35.8 Å². The van der Waals surface area contributed by atoms with Crippen LogP contribution < -0.4 is 0 Å². The van der Waals surface area contributed by atoms with E-state index in [4.69, 9.17) is 0 Å². The molecule has 6 atom stereocenters. The summed E-state index contributed by atoms with van der Waals surface area (Å²) in [6.07, 6.45) is 6.98. The molecule has 0 aliphatic carbocycles. The van der Waals surface area contributed by atoms with E-state index in [-0.39, 0.29) is 12.0 Å². The Bertz CT molecular complexity index is 597. The summed E-state index contributed by atoms with van der Waals surface area (Å²) < 4.78 is 0. The van der Waals surface area contributed by atoms with Gasteiger partial charge in [-0.1, -0.05) is 24.3 Å². The molecule has 4 heterocycles. The van der Waals surface area contributed by atoms with E-state index in [1.165, 1.54) is 12.0 Å². The average Bonchev–Trinajstić information content (AvgIpc) is 2.60. The fourth-order valence-corrected chi connectivity index (χ4v) is 4.63. The molecule has 22 heavy (non-hydrogen) atoms. The molecular formula is C19H24N2O. The van der Waals surface area contributed by atoms with Gasteiger partial charge >= 0.3 is 0 Å². The van der Waals surface area contributed by atoms with E-state index in [1.54, 1.807) is 0 Å². The van der Waals surface area contributed by atoms with Crippen molar-refractivity contribution in [2.45, 2.75) is 37.3 Å². The number of aliphatic hydroxyl groups is 1. The zero-order valence-corrected chi connectivity index (χ0v) is 12.9. The van der Waals surface area contributed by atoms with Crippen LogP contribution in [0.25, 0.3) is 0 Å². The molecule has 1 N–H and O–H groups in total. The van der Waals surface area contributed by atoms with Gasteiger partial charge < -0.3 is 5.11 Å². The lowest BCUT2D eigenvalue weighted by Gasteiger charge is -2.51. The molecule has 3 saturated heterocycles. The highest BCUT2D eigenvalue weighted by atomic mass is 16.3. The normalized spacial score (nSPS) is 37.6. The van der Waals surface area contributed by atoms with Gasteiger partial charge in [0.1, 0.15) is 0 Å². The first-order valence-corrected chi connectivity index (χ1v) is 8.44. The van der Waals surface area contributed by atoms with Crippen LogP contribution >= 0.6 is 0 Å². The molecule has 0 radical (unpaired) electrons. The van der Waals surface area contributed by atoms with Crippen molar-refractivity contribution < 1.29 is 5.11 Å². The summed E-state index contributed by atoms with van der Waals surface area (Å²) in [6.45, 7) is 6.18. The number of nitrogens with zero attached hydrogens (tertiary/aromatic N) is 2. The number of fused-ring (bicyclic) bond motifs is 4. The maximum Gasteiger partial charge on any atom is 0.0768 e. The number of benzene rings is 1. The smallest absolute Gasteiger partial charge is 0.0768 e. The predicted molar refractivity (Wildman–Crippen MR) is 89.7 cm³/mol. The number of rotatable bonds is 3. The van der Waals surface area contributed by atoms with Crippen molar-refractivity contribution in [3.8, 4) is 0 Å². The number of aliphatic hydroxyl groups excluding tert-OH is 1. The molecule has 3 fully saturated rings. The van der Waals surface area contributed by atoms with E-state index in [2.05, 4.69) is 34.7 Å². The Labute approximate surface area is 132 Å². The van der Waals surface area contributed by atoms with Crippen molar-refractivity contribution in [1.82, 2.24) is 4.90 Å². The van der Waals surface area contributed by atoms with Crippen LogP contribution in [0.2, 0.25) is 0 Å². The van der Waals surface area contributed by atoms with Crippen LogP contribution in [0.1, 0.15) is 30.7 Å². The molecule has 4 aliphatic rings. The van der Waals surface area contributed by atoms with Gasteiger partial charge in [0.05, 0.1) is 11.8 Å². The van der Waals surface area contributed by atoms with E-state index in [0.29, 0.717) is 17.9 Å². The minimum absolute atomic E-state index is 0.181. The number of hydrogen-bond donors (Lipinski definition) is 1. The fraction of sp³-hybridized carbons (Fsp3) is 0.526. The Hall–Kier alpha value is -1.45. The van der Waals surface area contributed by atoms with Crippen molar-refractivity contribution in [1.29, 1.82) is 0 Å². The van der Waals surface area contributed by atoms with Gasteiger partial charge in [0.15, 0.2) is 0 Å². The molecular weight excluding hydrogens is 272 g/mol. The lowest BCUT2D eigenvalue weighted by Crippen LogP contribution is -2.58. The molecule has 5 rings (SSSR count). The van der Waals surface area contributed by atoms with Gasteiger partial charge in [-0.3, -0.25) is 9.89 Å². The van der Waals surface area contributed by atoms with Crippen LogP contribution in [-0.4, -0.2) is 41.5 Å². The first kappa shape index (κ1) is 14.2. The van der Waals surface area contributed by atoms with Crippen LogP contribution in [0.4, 0.5) is 5.69 Å². The minimum Gasteiger partial charge on any atom is -0.391 e. The van der Waals surface area contributed by atoms with Crippen molar-refractivity contribution >= 4 is 11.9 Å². The third-order valence-electron chi connectivity index (χ3n) is 5.89. The zero-order valence-electron chi connectivity index (χ0n) is 12.9. The first-order valence-electron chi connectivity index (χ1n) is 8.44. The third-order valence-corrected chi connectivity index (χ3v) is 5.89.